The van der Waals surface area contributed by atoms with Crippen LogP contribution in [0.25, 0.3) is 11.1 Å². The molecule has 0 spiro atoms. The van der Waals surface area contributed by atoms with Gasteiger partial charge in [0, 0.05) is 17.7 Å². The van der Waals surface area contributed by atoms with E-state index < -0.39 is 0 Å². The lowest BCUT2D eigenvalue weighted by molar-refractivity contribution is -0.934. The molecule has 4 N–H and O–H groups in total. The first-order valence-corrected chi connectivity index (χ1v) is 9.09. The minimum absolute atomic E-state index is 0.0735. The van der Waals surface area contributed by atoms with Crippen LogP contribution in [0.15, 0.2) is 48.5 Å². The summed E-state index contributed by atoms with van der Waals surface area (Å²) in [6.07, 6.45) is 0. The van der Waals surface area contributed by atoms with Gasteiger partial charge in [-0.05, 0) is 11.1 Å². The molecule has 2 unspecified atom stereocenters. The van der Waals surface area contributed by atoms with Crippen LogP contribution in [0.5, 0.6) is 0 Å². The normalized spacial score (nSPS) is 22.2. The summed E-state index contributed by atoms with van der Waals surface area (Å²) in [7, 11) is 3.56. The van der Waals surface area contributed by atoms with E-state index in [1.807, 2.05) is 24.3 Å². The molecule has 1 heterocycles. The molecule has 6 heteroatoms. The van der Waals surface area contributed by atoms with Crippen molar-refractivity contribution in [2.24, 2.45) is 5.73 Å². The third-order valence-electron chi connectivity index (χ3n) is 5.43. The van der Waals surface area contributed by atoms with Gasteiger partial charge in [0.2, 0.25) is 0 Å². The molecule has 0 saturated carbocycles. The Bertz CT molecular complexity index is 817. The molecular weight excluding hydrogens is 340 g/mol. The van der Waals surface area contributed by atoms with Gasteiger partial charge in [0.1, 0.15) is 11.9 Å². The summed E-state index contributed by atoms with van der Waals surface area (Å²) in [5.41, 5.74) is 9.64. The Balaban J connectivity index is 1.82. The van der Waals surface area contributed by atoms with Crippen LogP contribution < -0.4 is 11.1 Å². The zero-order chi connectivity index (χ0) is 19.4. The van der Waals surface area contributed by atoms with E-state index in [-0.39, 0.29) is 17.8 Å². The summed E-state index contributed by atoms with van der Waals surface area (Å²) in [6.45, 7) is 2.98. The van der Waals surface area contributed by atoms with Crippen LogP contribution in [0.2, 0.25) is 0 Å². The van der Waals surface area contributed by atoms with E-state index in [1.165, 1.54) is 12.7 Å². The highest BCUT2D eigenvalue weighted by atomic mass is 16.5. The van der Waals surface area contributed by atoms with E-state index in [0.29, 0.717) is 11.0 Å². The fourth-order valence-electron chi connectivity index (χ4n) is 3.72. The van der Waals surface area contributed by atoms with Gasteiger partial charge in [-0.25, -0.2) is 4.79 Å². The van der Waals surface area contributed by atoms with Crippen LogP contribution >= 0.6 is 0 Å². The van der Waals surface area contributed by atoms with E-state index >= 15 is 0 Å². The SMILES string of the molecule is COC(=O)C[N+]1(C)CCNCC1c1ccc(-c2ccc(C(=N)N)cc2)cc1. The van der Waals surface area contributed by atoms with Gasteiger partial charge >= 0.3 is 5.97 Å². The summed E-state index contributed by atoms with van der Waals surface area (Å²) < 4.78 is 5.55. The molecule has 0 radical (unpaired) electrons. The molecule has 2 aromatic carbocycles. The van der Waals surface area contributed by atoms with E-state index in [1.54, 1.807) is 0 Å². The number of rotatable bonds is 5. The molecule has 142 valence electrons. The number of hydrogen-bond acceptors (Lipinski definition) is 4. The second-order valence-electron chi connectivity index (χ2n) is 7.27. The molecule has 0 amide bonds. The molecule has 0 aliphatic carbocycles. The number of carbonyl (C=O) groups is 1. The number of methoxy groups -OCH3 is 1. The van der Waals surface area contributed by atoms with Crippen LogP contribution in [0.1, 0.15) is 17.2 Å². The van der Waals surface area contributed by atoms with Gasteiger partial charge in [-0.15, -0.1) is 0 Å². The second kappa shape index (κ2) is 7.90. The van der Waals surface area contributed by atoms with Crippen LogP contribution in [0, 0.1) is 5.41 Å². The number of piperazine rings is 1. The number of nitrogens with one attached hydrogen (secondary N) is 2. The second-order valence-corrected chi connectivity index (χ2v) is 7.27. The number of likely N-dealkylation sites (N-methyl/N-ethyl adjacent to an activating group) is 1. The van der Waals surface area contributed by atoms with Crippen molar-refractivity contribution in [2.75, 3.05) is 40.3 Å². The quantitative estimate of drug-likeness (QED) is 0.326. The van der Waals surface area contributed by atoms with Gasteiger partial charge < -0.3 is 20.3 Å². The Morgan fingerprint density at radius 3 is 2.33 bits per heavy atom. The van der Waals surface area contributed by atoms with Crippen molar-refractivity contribution in [1.29, 1.82) is 5.41 Å². The summed E-state index contributed by atoms with van der Waals surface area (Å²) in [4.78, 5) is 11.9. The topological polar surface area (TPSA) is 88.2 Å². The van der Waals surface area contributed by atoms with Crippen molar-refractivity contribution in [3.63, 3.8) is 0 Å². The lowest BCUT2D eigenvalue weighted by Gasteiger charge is -2.44. The Hall–Kier alpha value is -2.70. The van der Waals surface area contributed by atoms with Gasteiger partial charge in [-0.1, -0.05) is 48.5 Å². The van der Waals surface area contributed by atoms with Crippen LogP contribution in [-0.4, -0.2) is 56.6 Å². The van der Waals surface area contributed by atoms with Gasteiger partial charge in [0.25, 0.3) is 0 Å². The first-order chi connectivity index (χ1) is 12.9. The molecule has 2 aromatic rings. The lowest BCUT2D eigenvalue weighted by atomic mass is 9.97. The number of nitrogen functional groups attached to an aromatic ring is 1. The summed E-state index contributed by atoms with van der Waals surface area (Å²) in [5, 5.41) is 10.9. The number of esters is 1. The first-order valence-electron chi connectivity index (χ1n) is 9.09. The third-order valence-corrected chi connectivity index (χ3v) is 5.43. The maximum atomic E-state index is 11.9. The summed E-state index contributed by atoms with van der Waals surface area (Å²) in [6, 6.07) is 16.4. The van der Waals surface area contributed by atoms with Gasteiger partial charge in [-0.2, -0.15) is 0 Å². The molecular formula is C21H27N4O2+. The maximum absolute atomic E-state index is 11.9. The molecule has 1 fully saturated rings. The Morgan fingerprint density at radius 1 is 1.19 bits per heavy atom. The number of nitrogens with two attached hydrogens (primary N) is 1. The molecule has 2 atom stereocenters. The highest BCUT2D eigenvalue weighted by Crippen LogP contribution is 2.30. The van der Waals surface area contributed by atoms with E-state index in [4.69, 9.17) is 15.9 Å². The maximum Gasteiger partial charge on any atom is 0.361 e. The van der Waals surface area contributed by atoms with Crippen molar-refractivity contribution in [1.82, 2.24) is 5.32 Å². The molecule has 0 aromatic heterocycles. The Morgan fingerprint density at radius 2 is 1.78 bits per heavy atom. The molecule has 1 saturated heterocycles. The lowest BCUT2D eigenvalue weighted by Crippen LogP contribution is -2.59. The van der Waals surface area contributed by atoms with Crippen LogP contribution in [0.3, 0.4) is 0 Å². The number of benzene rings is 2. The van der Waals surface area contributed by atoms with Gasteiger partial charge in [0.15, 0.2) is 6.54 Å². The fraction of sp³-hybridized carbons (Fsp3) is 0.333. The predicted molar refractivity (Wildman–Crippen MR) is 106 cm³/mol. The highest BCUT2D eigenvalue weighted by molar-refractivity contribution is 5.95. The zero-order valence-corrected chi connectivity index (χ0v) is 15.9. The molecule has 3 rings (SSSR count). The molecule has 1 aliphatic heterocycles. The van der Waals surface area contributed by atoms with E-state index in [2.05, 4.69) is 36.6 Å². The Kier molecular flexibility index (Phi) is 5.58. The smallest absolute Gasteiger partial charge is 0.361 e. The number of nitrogens with zero attached hydrogens (tertiary/aromatic N) is 1. The average Bonchev–Trinajstić information content (AvgIpc) is 2.68. The first kappa shape index (κ1) is 19.1. The number of quaternary nitrogens is 1. The minimum Gasteiger partial charge on any atom is -0.465 e. The molecule has 27 heavy (non-hydrogen) atoms. The van der Waals surface area contributed by atoms with E-state index in [9.17, 15) is 4.79 Å². The summed E-state index contributed by atoms with van der Waals surface area (Å²) >= 11 is 0. The standard InChI is InChI=1S/C21H27N4O2/c1-25(14-20(26)27-2)12-11-24-13-19(25)17-7-3-15(4-8-17)16-5-9-18(10-6-16)21(22)23/h3-10,19,24H,11-14H2,1-2H3,(H3,22,23)/q+1. The van der Waals surface area contributed by atoms with Gasteiger partial charge in [-0.3, -0.25) is 5.41 Å². The minimum atomic E-state index is -0.174. The number of amidine groups is 1. The molecule has 1 aliphatic rings. The van der Waals surface area contributed by atoms with Crippen LogP contribution in [0.4, 0.5) is 0 Å². The van der Waals surface area contributed by atoms with E-state index in [0.717, 1.165) is 36.3 Å². The number of ether oxygens (including phenoxy) is 1. The predicted octanol–water partition coefficient (Wildman–Crippen LogP) is 1.90. The Labute approximate surface area is 160 Å². The van der Waals surface area contributed by atoms with Gasteiger partial charge in [0.05, 0.1) is 27.2 Å². The third kappa shape index (κ3) is 4.18. The van der Waals surface area contributed by atoms with Crippen molar-refractivity contribution >= 4 is 11.8 Å². The molecule has 6 nitrogen and oxygen atoms in total. The van der Waals surface area contributed by atoms with Crippen molar-refractivity contribution in [3.05, 3.63) is 59.7 Å². The largest absolute Gasteiger partial charge is 0.465 e. The number of hydrogen-bond donors (Lipinski definition) is 3. The van der Waals surface area contributed by atoms with Crippen molar-refractivity contribution in [3.8, 4) is 11.1 Å². The average molecular weight is 367 g/mol. The molecule has 0 bridgehead atoms. The number of carbonyl (C=O) groups excluding carboxylic acids is 1. The monoisotopic (exact) mass is 367 g/mol. The zero-order valence-electron chi connectivity index (χ0n) is 15.9. The fourth-order valence-corrected chi connectivity index (χ4v) is 3.72. The van der Waals surface area contributed by atoms with Crippen LogP contribution in [-0.2, 0) is 9.53 Å². The van der Waals surface area contributed by atoms with Crippen molar-refractivity contribution in [2.45, 2.75) is 6.04 Å². The van der Waals surface area contributed by atoms with Crippen molar-refractivity contribution < 1.29 is 14.0 Å². The highest BCUT2D eigenvalue weighted by Gasteiger charge is 2.38. The summed E-state index contributed by atoms with van der Waals surface area (Å²) in [5.74, 6) is -0.101.